The number of aromatic nitrogens is 2. The molecule has 0 saturated heterocycles. The summed E-state index contributed by atoms with van der Waals surface area (Å²) in [5, 5.41) is 17.6. The lowest BCUT2D eigenvalue weighted by atomic mass is 10.2. The van der Waals surface area contributed by atoms with Crippen LogP contribution in [-0.2, 0) is 0 Å². The van der Waals surface area contributed by atoms with Gasteiger partial charge in [-0.3, -0.25) is 0 Å². The Bertz CT molecular complexity index is 731. The van der Waals surface area contributed by atoms with E-state index in [4.69, 9.17) is 16.1 Å². The van der Waals surface area contributed by atoms with Crippen LogP contribution in [0.25, 0.3) is 17.0 Å². The SMILES string of the molecule is C=CCN/C(SC)=C(\C#N)c1nc(-c2ccc(Cl)cc2)no1. The zero-order valence-corrected chi connectivity index (χ0v) is 13.4. The van der Waals surface area contributed by atoms with Crippen molar-refractivity contribution in [3.8, 4) is 17.5 Å². The van der Waals surface area contributed by atoms with Crippen molar-refractivity contribution >= 4 is 28.9 Å². The van der Waals surface area contributed by atoms with Crippen molar-refractivity contribution in [2.24, 2.45) is 0 Å². The average Bonchev–Trinajstić information content (AvgIpc) is 3.01. The Morgan fingerprint density at radius 1 is 1.50 bits per heavy atom. The Balaban J connectivity index is 2.36. The predicted octanol–water partition coefficient (Wildman–Crippen LogP) is 3.72. The van der Waals surface area contributed by atoms with E-state index in [9.17, 15) is 5.26 Å². The molecule has 0 unspecified atom stereocenters. The van der Waals surface area contributed by atoms with Crippen LogP contribution in [0.15, 0.2) is 46.5 Å². The van der Waals surface area contributed by atoms with E-state index in [2.05, 4.69) is 28.1 Å². The second-order valence-corrected chi connectivity index (χ2v) is 5.37. The van der Waals surface area contributed by atoms with E-state index in [1.54, 1.807) is 30.3 Å². The summed E-state index contributed by atoms with van der Waals surface area (Å²) in [4.78, 5) is 4.28. The van der Waals surface area contributed by atoms with Gasteiger partial charge >= 0.3 is 0 Å². The van der Waals surface area contributed by atoms with Crippen LogP contribution in [0.5, 0.6) is 0 Å². The number of hydrogen-bond donors (Lipinski definition) is 1. The Morgan fingerprint density at radius 2 is 2.23 bits per heavy atom. The maximum Gasteiger partial charge on any atom is 0.271 e. The van der Waals surface area contributed by atoms with Crippen LogP contribution in [-0.4, -0.2) is 22.9 Å². The van der Waals surface area contributed by atoms with Crippen LogP contribution in [0.4, 0.5) is 0 Å². The Morgan fingerprint density at radius 3 is 2.82 bits per heavy atom. The first-order chi connectivity index (χ1) is 10.7. The van der Waals surface area contributed by atoms with Crippen LogP contribution in [0.1, 0.15) is 5.89 Å². The molecular weight excluding hydrogens is 320 g/mol. The number of thioether (sulfide) groups is 1. The quantitative estimate of drug-likeness (QED) is 0.642. The van der Waals surface area contributed by atoms with Crippen LogP contribution in [0.3, 0.4) is 0 Å². The molecule has 1 aromatic carbocycles. The molecule has 0 aliphatic carbocycles. The third kappa shape index (κ3) is 3.70. The number of nitriles is 1. The number of rotatable bonds is 6. The van der Waals surface area contributed by atoms with Gasteiger partial charge in [0.1, 0.15) is 11.6 Å². The molecule has 22 heavy (non-hydrogen) atoms. The lowest BCUT2D eigenvalue weighted by Crippen LogP contribution is -2.12. The molecule has 0 amide bonds. The molecule has 0 radical (unpaired) electrons. The Labute approximate surface area is 137 Å². The molecule has 0 aliphatic rings. The monoisotopic (exact) mass is 332 g/mol. The predicted molar refractivity (Wildman–Crippen MR) is 89.0 cm³/mol. The van der Waals surface area contributed by atoms with E-state index >= 15 is 0 Å². The highest BCUT2D eigenvalue weighted by atomic mass is 35.5. The minimum atomic E-state index is 0.174. The van der Waals surface area contributed by atoms with Gasteiger partial charge in [-0.1, -0.05) is 22.8 Å². The third-order valence-corrected chi connectivity index (χ3v) is 3.70. The maximum absolute atomic E-state index is 9.36. The van der Waals surface area contributed by atoms with Gasteiger partial charge in [0, 0.05) is 17.1 Å². The summed E-state index contributed by atoms with van der Waals surface area (Å²) < 4.78 is 5.21. The van der Waals surface area contributed by atoms with Gasteiger partial charge < -0.3 is 9.84 Å². The van der Waals surface area contributed by atoms with Crippen LogP contribution >= 0.6 is 23.4 Å². The summed E-state index contributed by atoms with van der Waals surface area (Å²) >= 11 is 7.25. The van der Waals surface area contributed by atoms with Crippen LogP contribution in [0.2, 0.25) is 5.02 Å². The second kappa shape index (κ2) is 7.69. The largest absolute Gasteiger partial charge is 0.375 e. The molecule has 7 heteroatoms. The fraction of sp³-hybridized carbons (Fsp3) is 0.133. The van der Waals surface area contributed by atoms with Gasteiger partial charge in [0.2, 0.25) is 5.82 Å². The average molecular weight is 333 g/mol. The summed E-state index contributed by atoms with van der Waals surface area (Å²) in [6.07, 6.45) is 3.57. The van der Waals surface area contributed by atoms with Gasteiger partial charge in [0.25, 0.3) is 5.89 Å². The maximum atomic E-state index is 9.36. The topological polar surface area (TPSA) is 74.7 Å². The van der Waals surface area contributed by atoms with E-state index in [1.165, 1.54) is 11.8 Å². The van der Waals surface area contributed by atoms with Crippen molar-refractivity contribution in [2.45, 2.75) is 0 Å². The van der Waals surface area contributed by atoms with Crippen molar-refractivity contribution in [3.05, 3.63) is 52.9 Å². The zero-order chi connectivity index (χ0) is 15.9. The molecule has 2 aromatic rings. The van der Waals surface area contributed by atoms with Gasteiger partial charge in [-0.05, 0) is 30.5 Å². The van der Waals surface area contributed by atoms with E-state index in [1.807, 2.05) is 6.26 Å². The highest BCUT2D eigenvalue weighted by molar-refractivity contribution is 8.02. The highest BCUT2D eigenvalue weighted by Crippen LogP contribution is 2.25. The molecule has 1 aromatic heterocycles. The van der Waals surface area contributed by atoms with E-state index < -0.39 is 0 Å². The van der Waals surface area contributed by atoms with Gasteiger partial charge in [0.05, 0.1) is 5.03 Å². The van der Waals surface area contributed by atoms with Crippen LogP contribution < -0.4 is 5.32 Å². The minimum absolute atomic E-state index is 0.174. The summed E-state index contributed by atoms with van der Waals surface area (Å²) in [5.41, 5.74) is 1.07. The molecule has 0 saturated carbocycles. The van der Waals surface area contributed by atoms with Crippen molar-refractivity contribution in [1.29, 1.82) is 5.26 Å². The number of nitrogens with one attached hydrogen (secondary N) is 1. The molecule has 1 heterocycles. The number of hydrogen-bond acceptors (Lipinski definition) is 6. The first-order valence-electron chi connectivity index (χ1n) is 6.32. The van der Waals surface area contributed by atoms with Gasteiger partial charge in [-0.15, -0.1) is 18.3 Å². The first kappa shape index (κ1) is 16.1. The summed E-state index contributed by atoms with van der Waals surface area (Å²) in [7, 11) is 0. The molecule has 5 nitrogen and oxygen atoms in total. The van der Waals surface area contributed by atoms with E-state index in [-0.39, 0.29) is 5.89 Å². The minimum Gasteiger partial charge on any atom is -0.375 e. The third-order valence-electron chi connectivity index (χ3n) is 2.69. The normalized spacial score (nSPS) is 11.5. The van der Waals surface area contributed by atoms with Gasteiger partial charge in [0.15, 0.2) is 0 Å². The molecule has 0 fully saturated rings. The number of allylic oxidation sites excluding steroid dienone is 1. The van der Waals surface area contributed by atoms with Crippen LogP contribution in [0, 0.1) is 11.3 Å². The van der Waals surface area contributed by atoms with Crippen molar-refractivity contribution in [2.75, 3.05) is 12.8 Å². The van der Waals surface area contributed by atoms with Crippen molar-refractivity contribution in [3.63, 3.8) is 0 Å². The molecule has 112 valence electrons. The van der Waals surface area contributed by atoms with Gasteiger partial charge in [-0.2, -0.15) is 10.2 Å². The summed E-state index contributed by atoms with van der Waals surface area (Å²) in [5.74, 6) is 0.581. The molecule has 0 bridgehead atoms. The molecule has 0 atom stereocenters. The lowest BCUT2D eigenvalue weighted by molar-refractivity contribution is 0.409. The Kier molecular flexibility index (Phi) is 5.64. The van der Waals surface area contributed by atoms with Gasteiger partial charge in [-0.25, -0.2) is 0 Å². The van der Waals surface area contributed by atoms with Crippen molar-refractivity contribution in [1.82, 2.24) is 15.5 Å². The highest BCUT2D eigenvalue weighted by Gasteiger charge is 2.17. The summed E-state index contributed by atoms with van der Waals surface area (Å²) in [6, 6.07) is 9.16. The molecule has 0 spiro atoms. The first-order valence-corrected chi connectivity index (χ1v) is 7.93. The summed E-state index contributed by atoms with van der Waals surface area (Å²) in [6.45, 7) is 4.18. The zero-order valence-electron chi connectivity index (χ0n) is 11.8. The second-order valence-electron chi connectivity index (χ2n) is 4.12. The Hall–Kier alpha value is -2.23. The number of nitrogens with zero attached hydrogens (tertiary/aromatic N) is 3. The molecule has 0 aliphatic heterocycles. The fourth-order valence-electron chi connectivity index (χ4n) is 1.66. The molecular formula is C15H13ClN4OS. The number of halogens is 1. The van der Waals surface area contributed by atoms with E-state index in [0.29, 0.717) is 28.0 Å². The van der Waals surface area contributed by atoms with E-state index in [0.717, 1.165) is 5.56 Å². The number of benzene rings is 1. The molecule has 1 N–H and O–H groups in total. The van der Waals surface area contributed by atoms with Crippen molar-refractivity contribution < 1.29 is 4.52 Å². The molecule has 2 rings (SSSR count). The standard InChI is InChI=1S/C15H13ClN4OS/c1-3-8-18-15(22-2)12(9-17)14-19-13(20-21-14)10-4-6-11(16)7-5-10/h3-7,18H,1,8H2,2H3/b15-12-. The smallest absolute Gasteiger partial charge is 0.271 e. The fourth-order valence-corrected chi connectivity index (χ4v) is 2.36. The lowest BCUT2D eigenvalue weighted by Gasteiger charge is -2.06.